The van der Waals surface area contributed by atoms with E-state index in [1.807, 2.05) is 0 Å². The molecule has 0 saturated heterocycles. The van der Waals surface area contributed by atoms with E-state index in [0.29, 0.717) is 5.88 Å². The zero-order valence-corrected chi connectivity index (χ0v) is 3.97. The van der Waals surface area contributed by atoms with Gasteiger partial charge in [-0.3, -0.25) is 0 Å². The van der Waals surface area contributed by atoms with Crippen LogP contribution in [0.25, 0.3) is 0 Å². The van der Waals surface area contributed by atoms with Crippen LogP contribution in [0.1, 0.15) is 0 Å². The van der Waals surface area contributed by atoms with Crippen LogP contribution >= 0.6 is 0 Å². The highest BCUT2D eigenvalue weighted by atomic mass is 16.4. The van der Waals surface area contributed by atoms with Gasteiger partial charge in [0.1, 0.15) is 5.69 Å². The Morgan fingerprint density at radius 3 is 3.00 bits per heavy atom. The monoisotopic (exact) mass is 109 g/mol. The van der Waals surface area contributed by atoms with E-state index in [2.05, 4.69) is 9.73 Å². The molecule has 0 saturated carbocycles. The summed E-state index contributed by atoms with van der Waals surface area (Å²) in [4.78, 5) is 10.3. The Kier molecular flexibility index (Phi) is 0.436. The van der Waals surface area contributed by atoms with Gasteiger partial charge in [0.05, 0.1) is 0 Å². The Morgan fingerprint density at radius 1 is 1.50 bits per heavy atom. The van der Waals surface area contributed by atoms with Crippen LogP contribution in [0.5, 0.6) is 0 Å². The second-order valence-corrected chi connectivity index (χ2v) is 1.62. The van der Waals surface area contributed by atoms with Crippen molar-refractivity contribution in [3.8, 4) is 0 Å². The summed E-state index contributed by atoms with van der Waals surface area (Å²) >= 11 is 0. The van der Waals surface area contributed by atoms with Crippen LogP contribution in [-0.2, 0) is 0 Å². The van der Waals surface area contributed by atoms with Gasteiger partial charge in [-0.15, -0.1) is 0 Å². The molecule has 0 aliphatic carbocycles. The van der Waals surface area contributed by atoms with E-state index in [0.717, 1.165) is 5.69 Å². The molecule has 0 spiro atoms. The molecule has 8 heavy (non-hydrogen) atoms. The minimum absolute atomic E-state index is 0.297. The third-order valence-corrected chi connectivity index (χ3v) is 1.02. The largest absolute Gasteiger partial charge is 0.404 e. The topological polar surface area (TPSA) is 52.2 Å². The van der Waals surface area contributed by atoms with E-state index in [1.54, 1.807) is 6.07 Å². The van der Waals surface area contributed by atoms with Crippen LogP contribution in [0.2, 0.25) is 0 Å². The van der Waals surface area contributed by atoms with Crippen LogP contribution in [0.15, 0.2) is 21.3 Å². The molecule has 1 aliphatic rings. The minimum Gasteiger partial charge on any atom is -0.404 e. The fourth-order valence-corrected chi connectivity index (χ4v) is 0.575. The molecule has 1 aliphatic heterocycles. The molecule has 40 valence electrons. The lowest BCUT2D eigenvalue weighted by Gasteiger charge is -1.68. The van der Waals surface area contributed by atoms with Crippen LogP contribution in [0.3, 0.4) is 0 Å². The minimum atomic E-state index is -0.297. The smallest absolute Gasteiger partial charge is 0.337 e. The molecule has 0 amide bonds. The average Bonchev–Trinajstić information content (AvgIpc) is 2.43. The van der Waals surface area contributed by atoms with E-state index in [9.17, 15) is 4.79 Å². The fraction of sp³-hybridized carbons (Fsp3) is 0. The van der Waals surface area contributed by atoms with Crippen molar-refractivity contribution in [1.82, 2.24) is 0 Å². The molecule has 1 aromatic rings. The number of hydrogen-bond acceptors (Lipinski definition) is 3. The van der Waals surface area contributed by atoms with Crippen molar-refractivity contribution >= 4 is 11.6 Å². The molecule has 0 atom stereocenters. The highest BCUT2D eigenvalue weighted by Crippen LogP contribution is 2.35. The Bertz CT molecular complexity index is 276. The van der Waals surface area contributed by atoms with Crippen molar-refractivity contribution in [3.63, 3.8) is 0 Å². The Labute approximate surface area is 44.9 Å². The summed E-state index contributed by atoms with van der Waals surface area (Å²) in [5.74, 6) is 0.609. The summed E-state index contributed by atoms with van der Waals surface area (Å²) in [6.45, 7) is 0. The summed E-state index contributed by atoms with van der Waals surface area (Å²) in [5, 5.41) is 2.76. The van der Waals surface area contributed by atoms with Crippen molar-refractivity contribution in [2.45, 2.75) is 0 Å². The Hall–Kier alpha value is -1.25. The first-order chi connectivity index (χ1) is 3.86. The Balaban J connectivity index is 2.81. The van der Waals surface area contributed by atoms with Crippen molar-refractivity contribution < 1.29 is 4.42 Å². The summed E-state index contributed by atoms with van der Waals surface area (Å²) < 4.78 is 4.60. The van der Waals surface area contributed by atoms with E-state index >= 15 is 0 Å². The van der Waals surface area contributed by atoms with Gasteiger partial charge in [0.2, 0.25) is 5.88 Å². The van der Waals surface area contributed by atoms with Gasteiger partial charge in [-0.25, -0.2) is 4.79 Å². The van der Waals surface area contributed by atoms with E-state index in [1.165, 1.54) is 6.07 Å². The standard InChI is InChI=1S/C5H3NO2/c7-4-2-1-3-5(6-3)8-4/h1-2,6H. The zero-order valence-electron chi connectivity index (χ0n) is 3.97. The average molecular weight is 109 g/mol. The second kappa shape index (κ2) is 0.940. The van der Waals surface area contributed by atoms with Gasteiger partial charge in [-0.05, 0) is 6.07 Å². The molecule has 2 heterocycles. The number of fused-ring (bicyclic) bond motifs is 1. The lowest BCUT2D eigenvalue weighted by atomic mass is 10.5. The quantitative estimate of drug-likeness (QED) is 0.506. The molecule has 0 fully saturated rings. The molecule has 3 nitrogen and oxygen atoms in total. The van der Waals surface area contributed by atoms with Gasteiger partial charge >= 0.3 is 5.63 Å². The number of nitrogens with one attached hydrogen (secondary N) is 1. The molecule has 0 radical (unpaired) electrons. The maximum Gasteiger partial charge on any atom is 0.337 e. The molecule has 0 bridgehead atoms. The third-order valence-electron chi connectivity index (χ3n) is 1.02. The van der Waals surface area contributed by atoms with Gasteiger partial charge in [0.25, 0.3) is 0 Å². The van der Waals surface area contributed by atoms with Gasteiger partial charge in [-0.1, -0.05) is 0 Å². The first-order valence-electron chi connectivity index (χ1n) is 2.27. The molecule has 1 N–H and O–H groups in total. The van der Waals surface area contributed by atoms with Gasteiger partial charge in [-0.2, -0.15) is 0 Å². The lowest BCUT2D eigenvalue weighted by molar-refractivity contribution is 0.548. The number of hydrogen-bond donors (Lipinski definition) is 1. The number of anilines is 2. The van der Waals surface area contributed by atoms with Crippen LogP contribution < -0.4 is 10.9 Å². The molecule has 3 heteroatoms. The van der Waals surface area contributed by atoms with E-state index in [4.69, 9.17) is 0 Å². The predicted molar refractivity (Wildman–Crippen MR) is 28.3 cm³/mol. The van der Waals surface area contributed by atoms with Crippen LogP contribution in [0.4, 0.5) is 11.6 Å². The molecular formula is C5H3NO2. The van der Waals surface area contributed by atoms with Gasteiger partial charge in [0, 0.05) is 6.07 Å². The van der Waals surface area contributed by atoms with E-state index in [-0.39, 0.29) is 5.63 Å². The summed E-state index contributed by atoms with van der Waals surface area (Å²) in [5.41, 5.74) is 0.623. The highest BCUT2D eigenvalue weighted by molar-refractivity contribution is 5.83. The van der Waals surface area contributed by atoms with Crippen molar-refractivity contribution in [3.05, 3.63) is 22.6 Å². The predicted octanol–water partition coefficient (Wildman–Crippen LogP) is 0.697. The normalized spacial score (nSPS) is 12.0. The summed E-state index contributed by atoms with van der Waals surface area (Å²) in [6.07, 6.45) is 0. The summed E-state index contributed by atoms with van der Waals surface area (Å²) in [7, 11) is 0. The third kappa shape index (κ3) is 0.353. The Morgan fingerprint density at radius 2 is 2.38 bits per heavy atom. The molecular weight excluding hydrogens is 106 g/mol. The van der Waals surface area contributed by atoms with Crippen molar-refractivity contribution in [1.29, 1.82) is 0 Å². The fourth-order valence-electron chi connectivity index (χ4n) is 0.575. The first-order valence-corrected chi connectivity index (χ1v) is 2.27. The van der Waals surface area contributed by atoms with Gasteiger partial charge < -0.3 is 9.73 Å². The van der Waals surface area contributed by atoms with Crippen molar-refractivity contribution in [2.24, 2.45) is 0 Å². The molecule has 2 rings (SSSR count). The maximum atomic E-state index is 10.3. The van der Waals surface area contributed by atoms with E-state index < -0.39 is 0 Å². The molecule has 0 unspecified atom stereocenters. The van der Waals surface area contributed by atoms with Crippen LogP contribution in [-0.4, -0.2) is 0 Å². The van der Waals surface area contributed by atoms with Gasteiger partial charge in [0.15, 0.2) is 0 Å². The number of rotatable bonds is 0. The second-order valence-electron chi connectivity index (χ2n) is 1.62. The maximum absolute atomic E-state index is 10.3. The highest BCUT2D eigenvalue weighted by Gasteiger charge is 2.17. The molecule has 1 aromatic heterocycles. The van der Waals surface area contributed by atoms with Crippen molar-refractivity contribution in [2.75, 3.05) is 5.32 Å². The zero-order chi connectivity index (χ0) is 5.56. The SMILES string of the molecule is O=c1ccc2c(o1)N2. The van der Waals surface area contributed by atoms with Crippen LogP contribution in [0, 0.1) is 0 Å². The lowest BCUT2D eigenvalue weighted by Crippen LogP contribution is -1.88. The molecule has 0 aromatic carbocycles. The summed E-state index contributed by atoms with van der Waals surface area (Å²) in [6, 6.07) is 3.08. The first kappa shape index (κ1) is 3.72.